The molecule has 7 nitrogen and oxygen atoms in total. The largest absolute Gasteiger partial charge is 0.479 e. The molecule has 0 radical (unpaired) electrons. The lowest BCUT2D eigenvalue weighted by atomic mass is 10.0. The van der Waals surface area contributed by atoms with Crippen molar-refractivity contribution in [2.75, 3.05) is 0 Å². The summed E-state index contributed by atoms with van der Waals surface area (Å²) in [4.78, 5) is 21.9. The van der Waals surface area contributed by atoms with Crippen molar-refractivity contribution >= 4 is 23.6 Å². The standard InChI is InChI=1S/C15H14N2O5S/c18-14(15(19)20)13(10-6-2-1-3-7-10)16-23-12-9-5-4-8-11(12)17(21)22/h1-9,13-14,16,18H,(H,19,20)/t13-,14?/m1/s1. The third kappa shape index (κ3) is 4.28. The van der Waals surface area contributed by atoms with Gasteiger partial charge in [-0.2, -0.15) is 0 Å². The van der Waals surface area contributed by atoms with Crippen molar-refractivity contribution in [3.05, 3.63) is 70.3 Å². The van der Waals surface area contributed by atoms with Crippen molar-refractivity contribution in [1.82, 2.24) is 4.72 Å². The summed E-state index contributed by atoms with van der Waals surface area (Å²) in [5.41, 5.74) is 0.468. The molecule has 0 fully saturated rings. The highest BCUT2D eigenvalue weighted by molar-refractivity contribution is 7.97. The summed E-state index contributed by atoms with van der Waals surface area (Å²) in [6.45, 7) is 0. The van der Waals surface area contributed by atoms with Crippen LogP contribution in [0.15, 0.2) is 59.5 Å². The minimum Gasteiger partial charge on any atom is -0.479 e. The van der Waals surface area contributed by atoms with Gasteiger partial charge in [0.05, 0.1) is 11.0 Å². The number of hydrogen-bond donors (Lipinski definition) is 3. The molecular weight excluding hydrogens is 320 g/mol. The average Bonchev–Trinajstić information content (AvgIpc) is 2.56. The predicted octanol–water partition coefficient (Wildman–Crippen LogP) is 2.38. The van der Waals surface area contributed by atoms with Gasteiger partial charge >= 0.3 is 5.97 Å². The Labute approximate surface area is 136 Å². The van der Waals surface area contributed by atoms with Crippen molar-refractivity contribution in [3.63, 3.8) is 0 Å². The van der Waals surface area contributed by atoms with Crippen LogP contribution in [-0.2, 0) is 4.79 Å². The van der Waals surface area contributed by atoms with E-state index >= 15 is 0 Å². The van der Waals surface area contributed by atoms with Gasteiger partial charge in [-0.1, -0.05) is 42.5 Å². The van der Waals surface area contributed by atoms with Gasteiger partial charge in [-0.3, -0.25) is 10.1 Å². The molecule has 120 valence electrons. The number of nitrogens with zero attached hydrogens (tertiary/aromatic N) is 1. The summed E-state index contributed by atoms with van der Waals surface area (Å²) in [6.07, 6.45) is -1.69. The molecule has 0 aliphatic heterocycles. The zero-order valence-electron chi connectivity index (χ0n) is 11.8. The molecule has 2 atom stereocenters. The summed E-state index contributed by atoms with van der Waals surface area (Å²) in [7, 11) is 0. The molecule has 0 heterocycles. The fraction of sp³-hybridized carbons (Fsp3) is 0.133. The van der Waals surface area contributed by atoms with Crippen LogP contribution in [0.3, 0.4) is 0 Å². The minimum atomic E-state index is -1.69. The molecule has 0 aliphatic carbocycles. The zero-order valence-corrected chi connectivity index (χ0v) is 12.6. The first-order valence-corrected chi connectivity index (χ1v) is 7.44. The fourth-order valence-corrected chi connectivity index (χ4v) is 2.85. The third-order valence-corrected chi connectivity index (χ3v) is 4.02. The Balaban J connectivity index is 2.23. The van der Waals surface area contributed by atoms with Crippen LogP contribution in [0.25, 0.3) is 0 Å². The van der Waals surface area contributed by atoms with Crippen LogP contribution >= 0.6 is 11.9 Å². The number of rotatable bonds is 7. The van der Waals surface area contributed by atoms with Gasteiger partial charge in [0.1, 0.15) is 4.90 Å². The second-order valence-electron chi connectivity index (χ2n) is 4.62. The van der Waals surface area contributed by atoms with Crippen LogP contribution in [0.4, 0.5) is 5.69 Å². The maximum absolute atomic E-state index is 11.1. The highest BCUT2D eigenvalue weighted by Gasteiger charge is 2.28. The van der Waals surface area contributed by atoms with Crippen LogP contribution in [-0.4, -0.2) is 27.2 Å². The van der Waals surface area contributed by atoms with E-state index in [0.717, 1.165) is 11.9 Å². The first-order valence-electron chi connectivity index (χ1n) is 6.62. The first kappa shape index (κ1) is 16.9. The number of aliphatic carboxylic acids is 1. The Kier molecular flexibility index (Phi) is 5.69. The van der Waals surface area contributed by atoms with Crippen molar-refractivity contribution in [2.24, 2.45) is 0 Å². The van der Waals surface area contributed by atoms with E-state index in [1.54, 1.807) is 48.5 Å². The Morgan fingerprint density at radius 2 is 1.74 bits per heavy atom. The smallest absolute Gasteiger partial charge is 0.334 e. The maximum Gasteiger partial charge on any atom is 0.334 e. The Morgan fingerprint density at radius 3 is 2.35 bits per heavy atom. The number of aliphatic hydroxyl groups excluding tert-OH is 1. The van der Waals surface area contributed by atoms with Crippen molar-refractivity contribution < 1.29 is 19.9 Å². The zero-order chi connectivity index (χ0) is 16.8. The molecule has 23 heavy (non-hydrogen) atoms. The van der Waals surface area contributed by atoms with Crippen LogP contribution in [0, 0.1) is 10.1 Å². The molecule has 3 N–H and O–H groups in total. The molecule has 0 amide bonds. The van der Waals surface area contributed by atoms with E-state index in [2.05, 4.69) is 4.72 Å². The molecule has 0 saturated carbocycles. The van der Waals surface area contributed by atoms with Crippen LogP contribution < -0.4 is 4.72 Å². The molecule has 2 rings (SSSR count). The summed E-state index contributed by atoms with van der Waals surface area (Å²) < 4.78 is 2.81. The minimum absolute atomic E-state index is 0.0957. The van der Waals surface area contributed by atoms with Crippen LogP contribution in [0.1, 0.15) is 11.6 Å². The lowest BCUT2D eigenvalue weighted by Crippen LogP contribution is -2.34. The number of carbonyl (C=O) groups is 1. The van der Waals surface area contributed by atoms with Gasteiger partial charge in [-0.25, -0.2) is 9.52 Å². The summed E-state index contributed by atoms with van der Waals surface area (Å²) in [6, 6.07) is 13.7. The number of nitro groups is 1. The van der Waals surface area contributed by atoms with E-state index < -0.39 is 23.0 Å². The SMILES string of the molecule is O=C(O)C(O)[C@H](NSc1ccccc1[N+](=O)[O-])c1ccccc1. The van der Waals surface area contributed by atoms with Gasteiger partial charge in [0, 0.05) is 6.07 Å². The lowest BCUT2D eigenvalue weighted by Gasteiger charge is -2.21. The Morgan fingerprint density at radius 1 is 1.13 bits per heavy atom. The third-order valence-electron chi connectivity index (χ3n) is 3.09. The molecule has 1 unspecified atom stereocenters. The van der Waals surface area contributed by atoms with E-state index in [4.69, 9.17) is 5.11 Å². The fourth-order valence-electron chi connectivity index (χ4n) is 1.94. The quantitative estimate of drug-likeness (QED) is 0.405. The molecule has 0 aromatic heterocycles. The molecule has 8 heteroatoms. The molecule has 2 aromatic carbocycles. The highest BCUT2D eigenvalue weighted by Crippen LogP contribution is 2.30. The molecule has 0 spiro atoms. The number of nitrogens with one attached hydrogen (secondary N) is 1. The molecule has 0 saturated heterocycles. The highest BCUT2D eigenvalue weighted by atomic mass is 32.2. The number of hydrogen-bond acceptors (Lipinski definition) is 6. The summed E-state index contributed by atoms with van der Waals surface area (Å²) in [5.74, 6) is -1.38. The number of para-hydroxylation sites is 1. The van der Waals surface area contributed by atoms with Gasteiger partial charge in [-0.15, -0.1) is 0 Å². The van der Waals surface area contributed by atoms with Gasteiger partial charge in [0.25, 0.3) is 5.69 Å². The van der Waals surface area contributed by atoms with Gasteiger partial charge in [0.2, 0.25) is 0 Å². The molecule has 0 bridgehead atoms. The lowest BCUT2D eigenvalue weighted by molar-refractivity contribution is -0.387. The van der Waals surface area contributed by atoms with E-state index in [9.17, 15) is 20.0 Å². The summed E-state index contributed by atoms with van der Waals surface area (Å²) in [5, 5.41) is 29.9. The molecule has 0 aliphatic rings. The number of carboxylic acids is 1. The second kappa shape index (κ2) is 7.73. The van der Waals surface area contributed by atoms with E-state index in [1.807, 2.05) is 0 Å². The van der Waals surface area contributed by atoms with E-state index in [1.165, 1.54) is 6.07 Å². The summed E-state index contributed by atoms with van der Waals surface area (Å²) >= 11 is 0.909. The van der Waals surface area contributed by atoms with Gasteiger partial charge in [-0.05, 0) is 23.6 Å². The average molecular weight is 334 g/mol. The number of benzene rings is 2. The van der Waals surface area contributed by atoms with E-state index in [-0.39, 0.29) is 5.69 Å². The van der Waals surface area contributed by atoms with Crippen LogP contribution in [0.2, 0.25) is 0 Å². The van der Waals surface area contributed by atoms with Crippen molar-refractivity contribution in [2.45, 2.75) is 17.0 Å². The molecule has 2 aromatic rings. The predicted molar refractivity (Wildman–Crippen MR) is 84.9 cm³/mol. The van der Waals surface area contributed by atoms with Crippen LogP contribution in [0.5, 0.6) is 0 Å². The monoisotopic (exact) mass is 334 g/mol. The topological polar surface area (TPSA) is 113 Å². The normalized spacial score (nSPS) is 13.3. The Hall–Kier alpha value is -2.42. The Bertz CT molecular complexity index is 695. The van der Waals surface area contributed by atoms with E-state index in [0.29, 0.717) is 10.5 Å². The maximum atomic E-state index is 11.1. The number of aliphatic hydroxyl groups is 1. The van der Waals surface area contributed by atoms with Gasteiger partial charge in [0.15, 0.2) is 6.10 Å². The molecular formula is C15H14N2O5S. The number of carboxylic acid groups (broad SMARTS) is 1. The van der Waals surface area contributed by atoms with Gasteiger partial charge < -0.3 is 10.2 Å². The van der Waals surface area contributed by atoms with Crippen molar-refractivity contribution in [1.29, 1.82) is 0 Å². The second-order valence-corrected chi connectivity index (χ2v) is 5.50. The number of nitro benzene ring substituents is 1. The first-order chi connectivity index (χ1) is 11.0. The van der Waals surface area contributed by atoms with Crippen molar-refractivity contribution in [3.8, 4) is 0 Å².